The quantitative estimate of drug-likeness (QED) is 0.859. The van der Waals surface area contributed by atoms with Crippen LogP contribution in [0.3, 0.4) is 0 Å². The second-order valence-electron chi connectivity index (χ2n) is 5.13. The van der Waals surface area contributed by atoms with Crippen molar-refractivity contribution in [1.29, 1.82) is 0 Å². The maximum Gasteiger partial charge on any atom is 0.258 e. The molecule has 0 saturated carbocycles. The van der Waals surface area contributed by atoms with E-state index in [1.807, 2.05) is 30.3 Å². The molecule has 5 nitrogen and oxygen atoms in total. The second kappa shape index (κ2) is 6.19. The largest absolute Gasteiger partial charge is 0.266 e. The van der Waals surface area contributed by atoms with Crippen molar-refractivity contribution in [3.8, 4) is 0 Å². The van der Waals surface area contributed by atoms with E-state index in [0.717, 1.165) is 12.0 Å². The molecule has 20 heavy (non-hydrogen) atoms. The van der Waals surface area contributed by atoms with Crippen LogP contribution in [0.25, 0.3) is 0 Å². The van der Waals surface area contributed by atoms with Crippen LogP contribution in [-0.4, -0.2) is 18.6 Å². The zero-order valence-corrected chi connectivity index (χ0v) is 12.4. The third kappa shape index (κ3) is 3.68. The van der Waals surface area contributed by atoms with Crippen molar-refractivity contribution in [1.82, 2.24) is 14.9 Å². The summed E-state index contributed by atoms with van der Waals surface area (Å²) in [4.78, 5) is 0. The SMILES string of the molecule is CC(C)CC(NS(=O)(=O)c1ccn[nH]1)c1ccccc1. The Morgan fingerprint density at radius 1 is 1.20 bits per heavy atom. The van der Waals surface area contributed by atoms with E-state index in [1.54, 1.807) is 0 Å². The average Bonchev–Trinajstić information content (AvgIpc) is 2.93. The van der Waals surface area contributed by atoms with Crippen molar-refractivity contribution in [3.63, 3.8) is 0 Å². The molecule has 0 bridgehead atoms. The fourth-order valence-electron chi connectivity index (χ4n) is 2.05. The van der Waals surface area contributed by atoms with Gasteiger partial charge in [-0.05, 0) is 24.0 Å². The van der Waals surface area contributed by atoms with Crippen molar-refractivity contribution in [2.75, 3.05) is 0 Å². The third-order valence-electron chi connectivity index (χ3n) is 2.97. The molecule has 0 radical (unpaired) electrons. The Kier molecular flexibility index (Phi) is 4.57. The van der Waals surface area contributed by atoms with Gasteiger partial charge in [-0.3, -0.25) is 5.10 Å². The maximum atomic E-state index is 12.3. The van der Waals surface area contributed by atoms with E-state index in [9.17, 15) is 8.42 Å². The molecule has 0 aliphatic carbocycles. The number of aromatic amines is 1. The highest BCUT2D eigenvalue weighted by Crippen LogP contribution is 2.23. The van der Waals surface area contributed by atoms with E-state index in [4.69, 9.17) is 0 Å². The van der Waals surface area contributed by atoms with Gasteiger partial charge in [-0.15, -0.1) is 0 Å². The number of H-pyrrole nitrogens is 1. The first-order valence-corrected chi connectivity index (χ1v) is 8.04. The number of rotatable bonds is 6. The van der Waals surface area contributed by atoms with Crippen LogP contribution in [-0.2, 0) is 10.0 Å². The smallest absolute Gasteiger partial charge is 0.258 e. The van der Waals surface area contributed by atoms with Gasteiger partial charge < -0.3 is 0 Å². The number of nitrogens with zero attached hydrogens (tertiary/aromatic N) is 1. The van der Waals surface area contributed by atoms with Crippen LogP contribution in [0.2, 0.25) is 0 Å². The van der Waals surface area contributed by atoms with Gasteiger partial charge in [0.2, 0.25) is 0 Å². The first-order valence-electron chi connectivity index (χ1n) is 6.55. The molecule has 1 atom stereocenters. The lowest BCUT2D eigenvalue weighted by molar-refractivity contribution is 0.471. The number of hydrogen-bond donors (Lipinski definition) is 2. The van der Waals surface area contributed by atoms with Gasteiger partial charge in [0, 0.05) is 6.04 Å². The van der Waals surface area contributed by atoms with Crippen LogP contribution in [0.5, 0.6) is 0 Å². The molecule has 0 fully saturated rings. The van der Waals surface area contributed by atoms with Gasteiger partial charge in [-0.1, -0.05) is 44.2 Å². The van der Waals surface area contributed by atoms with Crippen molar-refractivity contribution in [2.45, 2.75) is 31.3 Å². The predicted octanol–water partition coefficient (Wildman–Crippen LogP) is 2.48. The van der Waals surface area contributed by atoms with Crippen LogP contribution >= 0.6 is 0 Å². The first-order chi connectivity index (χ1) is 9.49. The molecule has 2 rings (SSSR count). The molecule has 0 aliphatic heterocycles. The molecule has 0 saturated heterocycles. The van der Waals surface area contributed by atoms with E-state index in [-0.39, 0.29) is 11.1 Å². The summed E-state index contributed by atoms with van der Waals surface area (Å²) < 4.78 is 27.3. The standard InChI is InChI=1S/C14H19N3O2S/c1-11(2)10-13(12-6-4-3-5-7-12)17-20(18,19)14-8-9-15-16-14/h3-9,11,13,17H,10H2,1-2H3,(H,15,16). The van der Waals surface area contributed by atoms with E-state index in [1.165, 1.54) is 12.3 Å². The molecule has 2 aromatic rings. The van der Waals surface area contributed by atoms with Crippen molar-refractivity contribution in [2.24, 2.45) is 5.92 Å². The van der Waals surface area contributed by atoms with Gasteiger partial charge in [0.15, 0.2) is 5.03 Å². The summed E-state index contributed by atoms with van der Waals surface area (Å²) in [7, 11) is -3.58. The van der Waals surface area contributed by atoms with Gasteiger partial charge in [0.25, 0.3) is 10.0 Å². The summed E-state index contributed by atoms with van der Waals surface area (Å²) in [5, 5.41) is 6.26. The number of hydrogen-bond acceptors (Lipinski definition) is 3. The monoisotopic (exact) mass is 293 g/mol. The molecule has 1 heterocycles. The Bertz CT molecular complexity index is 622. The van der Waals surface area contributed by atoms with E-state index in [0.29, 0.717) is 5.92 Å². The number of aromatic nitrogens is 2. The Hall–Kier alpha value is -1.66. The topological polar surface area (TPSA) is 74.8 Å². The minimum Gasteiger partial charge on any atom is -0.266 e. The maximum absolute atomic E-state index is 12.3. The van der Waals surface area contributed by atoms with Gasteiger partial charge in [-0.25, -0.2) is 13.1 Å². The predicted molar refractivity (Wildman–Crippen MR) is 77.5 cm³/mol. The number of nitrogens with one attached hydrogen (secondary N) is 2. The van der Waals surface area contributed by atoms with Crippen LogP contribution < -0.4 is 4.72 Å². The molecule has 0 spiro atoms. The molecule has 2 N–H and O–H groups in total. The van der Waals surface area contributed by atoms with Gasteiger partial charge in [-0.2, -0.15) is 5.10 Å². The molecule has 0 aliphatic rings. The summed E-state index contributed by atoms with van der Waals surface area (Å²) in [6.45, 7) is 4.14. The molecule has 1 aromatic heterocycles. The van der Waals surface area contributed by atoms with E-state index in [2.05, 4.69) is 28.8 Å². The van der Waals surface area contributed by atoms with Crippen molar-refractivity contribution >= 4 is 10.0 Å². The first kappa shape index (κ1) is 14.7. The average molecular weight is 293 g/mol. The Labute approximate surface area is 119 Å². The van der Waals surface area contributed by atoms with Gasteiger partial charge in [0.1, 0.15) is 0 Å². The third-order valence-corrected chi connectivity index (χ3v) is 4.37. The zero-order valence-electron chi connectivity index (χ0n) is 11.6. The van der Waals surface area contributed by atoms with Crippen LogP contribution in [0.1, 0.15) is 31.9 Å². The minimum atomic E-state index is -3.58. The van der Waals surface area contributed by atoms with Gasteiger partial charge in [0.05, 0.1) is 6.20 Å². The summed E-state index contributed by atoms with van der Waals surface area (Å²) in [6, 6.07) is 10.8. The Morgan fingerprint density at radius 3 is 2.45 bits per heavy atom. The fraction of sp³-hybridized carbons (Fsp3) is 0.357. The summed E-state index contributed by atoms with van der Waals surface area (Å²) in [5.41, 5.74) is 0.962. The molecule has 108 valence electrons. The van der Waals surface area contributed by atoms with Crippen molar-refractivity contribution < 1.29 is 8.42 Å². The molecule has 6 heteroatoms. The lowest BCUT2D eigenvalue weighted by Gasteiger charge is -2.20. The summed E-state index contributed by atoms with van der Waals surface area (Å²) in [6.07, 6.45) is 2.16. The number of sulfonamides is 1. The highest BCUT2D eigenvalue weighted by molar-refractivity contribution is 7.89. The Balaban J connectivity index is 2.25. The Morgan fingerprint density at radius 2 is 1.90 bits per heavy atom. The molecule has 1 aromatic carbocycles. The molecule has 1 unspecified atom stereocenters. The van der Waals surface area contributed by atoms with Crippen LogP contribution in [0.15, 0.2) is 47.6 Å². The highest BCUT2D eigenvalue weighted by atomic mass is 32.2. The lowest BCUT2D eigenvalue weighted by atomic mass is 9.98. The molecular formula is C14H19N3O2S. The second-order valence-corrected chi connectivity index (χ2v) is 6.82. The van der Waals surface area contributed by atoms with Crippen molar-refractivity contribution in [3.05, 3.63) is 48.2 Å². The zero-order chi connectivity index (χ0) is 14.6. The molecular weight excluding hydrogens is 274 g/mol. The lowest BCUT2D eigenvalue weighted by Crippen LogP contribution is -2.30. The van der Waals surface area contributed by atoms with E-state index >= 15 is 0 Å². The minimum absolute atomic E-state index is 0.0854. The normalized spacial score (nSPS) is 13.6. The molecule has 0 amide bonds. The summed E-state index contributed by atoms with van der Waals surface area (Å²) >= 11 is 0. The number of benzene rings is 1. The highest BCUT2D eigenvalue weighted by Gasteiger charge is 2.23. The van der Waals surface area contributed by atoms with Crippen LogP contribution in [0.4, 0.5) is 0 Å². The fourth-order valence-corrected chi connectivity index (χ4v) is 3.20. The van der Waals surface area contributed by atoms with Crippen LogP contribution in [0, 0.1) is 5.92 Å². The summed E-state index contributed by atoms with van der Waals surface area (Å²) in [5.74, 6) is 0.379. The van der Waals surface area contributed by atoms with E-state index < -0.39 is 10.0 Å². The van der Waals surface area contributed by atoms with Gasteiger partial charge >= 0.3 is 0 Å².